The summed E-state index contributed by atoms with van der Waals surface area (Å²) in [6.07, 6.45) is 1.79. The van der Waals surface area contributed by atoms with Crippen molar-refractivity contribution in [3.63, 3.8) is 0 Å². The van der Waals surface area contributed by atoms with Crippen LogP contribution in [0.1, 0.15) is 26.7 Å². The van der Waals surface area contributed by atoms with E-state index in [0.29, 0.717) is 0 Å². The van der Waals surface area contributed by atoms with Gasteiger partial charge < -0.3 is 10.0 Å². The molecule has 0 fully saturated rings. The Balaban J connectivity index is 3.58. The van der Waals surface area contributed by atoms with Crippen molar-refractivity contribution in [2.45, 2.75) is 38.8 Å². The normalized spacial score (nSPS) is 17.4. The van der Waals surface area contributed by atoms with Gasteiger partial charge in [-0.15, -0.1) is 0 Å². The topological polar surface area (TPSA) is 23.5 Å². The van der Waals surface area contributed by atoms with E-state index in [2.05, 4.69) is 6.92 Å². The van der Waals surface area contributed by atoms with Crippen molar-refractivity contribution in [1.29, 1.82) is 0 Å². The van der Waals surface area contributed by atoms with E-state index < -0.39 is 0 Å². The third-order valence-electron chi connectivity index (χ3n) is 1.96. The number of aliphatic hydroxyl groups excluding tert-OH is 1. The van der Waals surface area contributed by atoms with Gasteiger partial charge in [0.15, 0.2) is 0 Å². The van der Waals surface area contributed by atoms with Gasteiger partial charge in [-0.05, 0) is 27.4 Å². The predicted octanol–water partition coefficient (Wildman–Crippen LogP) is 1.10. The number of rotatable bonds is 4. The summed E-state index contributed by atoms with van der Waals surface area (Å²) in [5.41, 5.74) is 0. The molecule has 0 heterocycles. The Labute approximate surface area is 63.8 Å². The fourth-order valence-electron chi connectivity index (χ4n) is 0.881. The maximum Gasteiger partial charge on any atom is 0.0692 e. The second-order valence-electron chi connectivity index (χ2n) is 3.06. The largest absolute Gasteiger partial charge is 0.392 e. The molecule has 0 aromatic carbocycles. The number of hydrogen-bond donors (Lipinski definition) is 1. The molecule has 62 valence electrons. The Morgan fingerprint density at radius 1 is 1.40 bits per heavy atom. The van der Waals surface area contributed by atoms with E-state index in [1.54, 1.807) is 0 Å². The molecule has 0 aliphatic carbocycles. The first kappa shape index (κ1) is 9.92. The Kier molecular flexibility index (Phi) is 4.65. The van der Waals surface area contributed by atoms with Gasteiger partial charge in [-0.2, -0.15) is 0 Å². The van der Waals surface area contributed by atoms with Gasteiger partial charge in [-0.3, -0.25) is 0 Å². The maximum absolute atomic E-state index is 9.45. The highest BCUT2D eigenvalue weighted by molar-refractivity contribution is 4.69. The van der Waals surface area contributed by atoms with Crippen LogP contribution in [0.5, 0.6) is 0 Å². The van der Waals surface area contributed by atoms with E-state index in [9.17, 15) is 5.11 Å². The van der Waals surface area contributed by atoms with Crippen molar-refractivity contribution in [2.75, 3.05) is 14.1 Å². The van der Waals surface area contributed by atoms with Gasteiger partial charge in [0.25, 0.3) is 0 Å². The molecule has 0 aromatic heterocycles. The minimum absolute atomic E-state index is 0.167. The van der Waals surface area contributed by atoms with E-state index >= 15 is 0 Å². The number of likely N-dealkylation sites (N-methyl/N-ethyl adjacent to an activating group) is 1. The summed E-state index contributed by atoms with van der Waals surface area (Å²) in [4.78, 5) is 2.04. The molecular weight excluding hydrogens is 126 g/mol. The second-order valence-corrected chi connectivity index (χ2v) is 3.06. The molecule has 2 nitrogen and oxygen atoms in total. The highest BCUT2D eigenvalue weighted by atomic mass is 16.3. The first-order valence-corrected chi connectivity index (χ1v) is 3.94. The molecule has 0 amide bonds. The quantitative estimate of drug-likeness (QED) is 0.640. The van der Waals surface area contributed by atoms with Gasteiger partial charge in [0.05, 0.1) is 6.10 Å². The van der Waals surface area contributed by atoms with Crippen molar-refractivity contribution in [2.24, 2.45) is 0 Å². The van der Waals surface area contributed by atoms with E-state index in [0.717, 1.165) is 12.8 Å². The fourth-order valence-corrected chi connectivity index (χ4v) is 0.881. The predicted molar refractivity (Wildman–Crippen MR) is 44.1 cm³/mol. The molecule has 10 heavy (non-hydrogen) atoms. The lowest BCUT2D eigenvalue weighted by atomic mass is 10.1. The second kappa shape index (κ2) is 4.69. The molecule has 0 saturated carbocycles. The van der Waals surface area contributed by atoms with Crippen LogP contribution in [0.3, 0.4) is 0 Å². The molecular formula is C8H19NO. The van der Waals surface area contributed by atoms with Gasteiger partial charge in [0.1, 0.15) is 0 Å². The molecule has 0 aromatic rings. The van der Waals surface area contributed by atoms with Crippen molar-refractivity contribution < 1.29 is 5.11 Å². The van der Waals surface area contributed by atoms with E-state index in [1.807, 2.05) is 25.9 Å². The molecule has 1 N–H and O–H groups in total. The lowest BCUT2D eigenvalue weighted by Crippen LogP contribution is -2.36. The van der Waals surface area contributed by atoms with E-state index in [1.165, 1.54) is 0 Å². The van der Waals surface area contributed by atoms with Crippen molar-refractivity contribution in [3.8, 4) is 0 Å². The van der Waals surface area contributed by atoms with Gasteiger partial charge in [-0.1, -0.05) is 13.3 Å². The zero-order valence-electron chi connectivity index (χ0n) is 7.46. The van der Waals surface area contributed by atoms with Crippen LogP contribution in [0, 0.1) is 0 Å². The first-order chi connectivity index (χ1) is 4.59. The maximum atomic E-state index is 9.45. The molecule has 0 aliphatic heterocycles. The van der Waals surface area contributed by atoms with Crippen molar-refractivity contribution >= 4 is 0 Å². The third-order valence-corrected chi connectivity index (χ3v) is 1.96. The monoisotopic (exact) mass is 145 g/mol. The lowest BCUT2D eigenvalue weighted by Gasteiger charge is -2.24. The van der Waals surface area contributed by atoms with E-state index in [4.69, 9.17) is 0 Å². The Morgan fingerprint density at radius 3 is 2.20 bits per heavy atom. The summed E-state index contributed by atoms with van der Waals surface area (Å²) in [6, 6.07) is 0.278. The van der Waals surface area contributed by atoms with Crippen LogP contribution in [-0.4, -0.2) is 36.2 Å². The molecule has 0 radical (unpaired) electrons. The molecule has 0 aliphatic rings. The zero-order chi connectivity index (χ0) is 8.15. The molecule has 0 saturated heterocycles. The zero-order valence-corrected chi connectivity index (χ0v) is 7.46. The van der Waals surface area contributed by atoms with Crippen LogP contribution >= 0.6 is 0 Å². The Morgan fingerprint density at radius 2 is 1.90 bits per heavy atom. The Bertz CT molecular complexity index is 83.3. The molecule has 2 atom stereocenters. The standard InChI is InChI=1S/C8H19NO/c1-5-6-8(10)7(2)9(3)4/h7-8,10H,5-6H2,1-4H3. The van der Waals surface area contributed by atoms with Gasteiger partial charge >= 0.3 is 0 Å². The summed E-state index contributed by atoms with van der Waals surface area (Å²) < 4.78 is 0. The first-order valence-electron chi connectivity index (χ1n) is 3.94. The fraction of sp³-hybridized carbons (Fsp3) is 1.00. The third kappa shape index (κ3) is 3.18. The molecule has 0 rings (SSSR count). The highest BCUT2D eigenvalue weighted by Crippen LogP contribution is 2.05. The van der Waals surface area contributed by atoms with Gasteiger partial charge in [-0.25, -0.2) is 0 Å². The molecule has 2 unspecified atom stereocenters. The average molecular weight is 145 g/mol. The minimum Gasteiger partial charge on any atom is -0.392 e. The van der Waals surface area contributed by atoms with Crippen LogP contribution in [-0.2, 0) is 0 Å². The summed E-state index contributed by atoms with van der Waals surface area (Å²) in [7, 11) is 3.98. The molecule has 0 bridgehead atoms. The highest BCUT2D eigenvalue weighted by Gasteiger charge is 2.13. The van der Waals surface area contributed by atoms with Gasteiger partial charge in [0, 0.05) is 6.04 Å². The van der Waals surface area contributed by atoms with Crippen LogP contribution in [0.4, 0.5) is 0 Å². The summed E-state index contributed by atoms with van der Waals surface area (Å²) in [5.74, 6) is 0. The number of hydrogen-bond acceptors (Lipinski definition) is 2. The summed E-state index contributed by atoms with van der Waals surface area (Å²) >= 11 is 0. The lowest BCUT2D eigenvalue weighted by molar-refractivity contribution is 0.0781. The Hall–Kier alpha value is -0.0800. The number of aliphatic hydroxyl groups is 1. The van der Waals surface area contributed by atoms with Crippen LogP contribution in [0.2, 0.25) is 0 Å². The minimum atomic E-state index is -0.167. The van der Waals surface area contributed by atoms with Crippen LogP contribution in [0.25, 0.3) is 0 Å². The number of nitrogens with zero attached hydrogens (tertiary/aromatic N) is 1. The SMILES string of the molecule is CCCC(O)C(C)N(C)C. The molecule has 2 heteroatoms. The van der Waals surface area contributed by atoms with Crippen molar-refractivity contribution in [1.82, 2.24) is 4.90 Å². The average Bonchev–Trinajstić information content (AvgIpc) is 1.87. The smallest absolute Gasteiger partial charge is 0.0692 e. The molecule has 0 spiro atoms. The van der Waals surface area contributed by atoms with Crippen molar-refractivity contribution in [3.05, 3.63) is 0 Å². The van der Waals surface area contributed by atoms with Crippen LogP contribution < -0.4 is 0 Å². The summed E-state index contributed by atoms with van der Waals surface area (Å²) in [5, 5.41) is 9.45. The summed E-state index contributed by atoms with van der Waals surface area (Å²) in [6.45, 7) is 4.13. The van der Waals surface area contributed by atoms with Crippen LogP contribution in [0.15, 0.2) is 0 Å². The van der Waals surface area contributed by atoms with E-state index in [-0.39, 0.29) is 12.1 Å². The van der Waals surface area contributed by atoms with Gasteiger partial charge in [0.2, 0.25) is 0 Å².